The first kappa shape index (κ1) is 15.0. The van der Waals surface area contributed by atoms with Crippen LogP contribution >= 0.6 is 0 Å². The molecule has 8 heteroatoms. The van der Waals surface area contributed by atoms with Crippen LogP contribution in [0.3, 0.4) is 0 Å². The summed E-state index contributed by atoms with van der Waals surface area (Å²) >= 11 is 0. The zero-order chi connectivity index (χ0) is 16.6. The lowest BCUT2D eigenvalue weighted by Gasteiger charge is -2.08. The van der Waals surface area contributed by atoms with Crippen molar-refractivity contribution in [3.63, 3.8) is 0 Å². The van der Waals surface area contributed by atoms with E-state index in [0.29, 0.717) is 5.56 Å². The number of hydrogen-bond acceptors (Lipinski definition) is 3. The molecule has 1 aromatic carbocycles. The van der Waals surface area contributed by atoms with Gasteiger partial charge in [0, 0.05) is 12.6 Å². The molecule has 3 aromatic rings. The first-order chi connectivity index (χ1) is 11.0. The topological polar surface area (TPSA) is 59.3 Å². The fourth-order valence-electron chi connectivity index (χ4n) is 2.20. The minimum Gasteiger partial charge on any atom is -0.355 e. The van der Waals surface area contributed by atoms with Gasteiger partial charge in [0.15, 0.2) is 5.65 Å². The van der Waals surface area contributed by atoms with Crippen molar-refractivity contribution >= 4 is 11.6 Å². The van der Waals surface area contributed by atoms with E-state index in [4.69, 9.17) is 0 Å². The number of aromatic nitrogens is 3. The van der Waals surface area contributed by atoms with Crippen LogP contribution in [0.2, 0.25) is 0 Å². The van der Waals surface area contributed by atoms with Gasteiger partial charge in [-0.2, -0.15) is 5.10 Å². The molecule has 0 aliphatic rings. The number of fused-ring (bicyclic) bond motifs is 1. The third kappa shape index (κ3) is 2.63. The number of benzene rings is 1. The van der Waals surface area contributed by atoms with Gasteiger partial charge in [0.25, 0.3) is 12.3 Å². The molecule has 2 aromatic heterocycles. The molecule has 1 amide bonds. The summed E-state index contributed by atoms with van der Waals surface area (Å²) in [4.78, 5) is 16.1. The summed E-state index contributed by atoms with van der Waals surface area (Å²) in [5.41, 5.74) is 0.364. The largest absolute Gasteiger partial charge is 0.355 e. The van der Waals surface area contributed by atoms with Crippen molar-refractivity contribution in [2.24, 2.45) is 0 Å². The van der Waals surface area contributed by atoms with Crippen molar-refractivity contribution in [1.29, 1.82) is 0 Å². The van der Waals surface area contributed by atoms with Gasteiger partial charge in [-0.15, -0.1) is 0 Å². The maximum Gasteiger partial charge on any atom is 0.280 e. The van der Waals surface area contributed by atoms with Crippen molar-refractivity contribution in [1.82, 2.24) is 19.9 Å². The van der Waals surface area contributed by atoms with E-state index in [1.807, 2.05) is 0 Å². The van der Waals surface area contributed by atoms with Crippen molar-refractivity contribution in [3.8, 4) is 11.3 Å². The second-order valence-corrected chi connectivity index (χ2v) is 4.75. The summed E-state index contributed by atoms with van der Waals surface area (Å²) in [5, 5.41) is 6.22. The Hall–Kier alpha value is -2.90. The summed E-state index contributed by atoms with van der Waals surface area (Å²) in [6.45, 7) is 0. The van der Waals surface area contributed by atoms with Crippen LogP contribution in [0.4, 0.5) is 13.2 Å². The molecule has 0 saturated heterocycles. The predicted molar refractivity (Wildman–Crippen MR) is 76.7 cm³/mol. The summed E-state index contributed by atoms with van der Waals surface area (Å²) in [7, 11) is 1.42. The molecule has 0 unspecified atom stereocenters. The highest BCUT2D eigenvalue weighted by molar-refractivity contribution is 5.99. The zero-order valence-electron chi connectivity index (χ0n) is 11.9. The molecule has 5 nitrogen and oxygen atoms in total. The average Bonchev–Trinajstić information content (AvgIpc) is 2.97. The summed E-state index contributed by atoms with van der Waals surface area (Å²) in [6, 6.07) is 6.45. The Labute approximate surface area is 128 Å². The molecule has 0 aliphatic carbocycles. The van der Waals surface area contributed by atoms with Gasteiger partial charge in [-0.3, -0.25) is 4.79 Å². The Bertz CT molecular complexity index is 874. The summed E-state index contributed by atoms with van der Waals surface area (Å²) in [5.74, 6) is -0.928. The SMILES string of the molecule is CNC(=O)c1cnn2c(C(F)F)cc(-c3ccc(F)cc3)nc12. The van der Waals surface area contributed by atoms with Crippen molar-refractivity contribution in [2.75, 3.05) is 7.05 Å². The smallest absolute Gasteiger partial charge is 0.280 e. The van der Waals surface area contributed by atoms with Crippen molar-refractivity contribution in [2.45, 2.75) is 6.43 Å². The number of nitrogens with zero attached hydrogens (tertiary/aromatic N) is 3. The van der Waals surface area contributed by atoms with Crippen LogP contribution in [0.1, 0.15) is 22.5 Å². The minimum absolute atomic E-state index is 0.0153. The normalized spacial score (nSPS) is 11.2. The Morgan fingerprint density at radius 3 is 2.57 bits per heavy atom. The lowest BCUT2D eigenvalue weighted by Crippen LogP contribution is -2.18. The fraction of sp³-hybridized carbons (Fsp3) is 0.133. The van der Waals surface area contributed by atoms with Crippen LogP contribution in [0.5, 0.6) is 0 Å². The molecule has 23 heavy (non-hydrogen) atoms. The Morgan fingerprint density at radius 1 is 1.26 bits per heavy atom. The molecule has 0 aliphatic heterocycles. The molecule has 1 N–H and O–H groups in total. The van der Waals surface area contributed by atoms with Crippen LogP contribution in [0.25, 0.3) is 16.9 Å². The standard InChI is InChI=1S/C15H11F3N4O/c1-19-15(23)10-7-20-22-12(13(17)18)6-11(21-14(10)22)8-2-4-9(16)5-3-8/h2-7,13H,1H3,(H,19,23). The molecule has 3 rings (SSSR count). The molecule has 2 heterocycles. The number of hydrogen-bond donors (Lipinski definition) is 1. The first-order valence-electron chi connectivity index (χ1n) is 6.66. The van der Waals surface area contributed by atoms with Crippen LogP contribution in [0.15, 0.2) is 36.5 Å². The van der Waals surface area contributed by atoms with Gasteiger partial charge in [0.1, 0.15) is 17.1 Å². The molecule has 0 atom stereocenters. The number of nitrogens with one attached hydrogen (secondary N) is 1. The summed E-state index contributed by atoms with van der Waals surface area (Å²) in [6.07, 6.45) is -1.63. The fourth-order valence-corrected chi connectivity index (χ4v) is 2.20. The van der Waals surface area contributed by atoms with E-state index in [2.05, 4.69) is 15.4 Å². The van der Waals surface area contributed by atoms with Gasteiger partial charge in [0.05, 0.1) is 11.9 Å². The van der Waals surface area contributed by atoms with Gasteiger partial charge in [0.2, 0.25) is 0 Å². The molecule has 118 valence electrons. The van der Waals surface area contributed by atoms with Crippen molar-refractivity contribution < 1.29 is 18.0 Å². The third-order valence-corrected chi connectivity index (χ3v) is 3.33. The van der Waals surface area contributed by atoms with E-state index >= 15 is 0 Å². The molecule has 0 bridgehead atoms. The second-order valence-electron chi connectivity index (χ2n) is 4.75. The molecule has 0 saturated carbocycles. The van der Waals surface area contributed by atoms with Crippen LogP contribution in [-0.2, 0) is 0 Å². The first-order valence-corrected chi connectivity index (χ1v) is 6.66. The minimum atomic E-state index is -2.81. The van der Waals surface area contributed by atoms with E-state index in [9.17, 15) is 18.0 Å². The van der Waals surface area contributed by atoms with Crippen LogP contribution < -0.4 is 5.32 Å². The predicted octanol–water partition coefficient (Wildman–Crippen LogP) is 2.83. The highest BCUT2D eigenvalue weighted by Crippen LogP contribution is 2.26. The maximum atomic E-state index is 13.3. The third-order valence-electron chi connectivity index (χ3n) is 3.33. The Morgan fingerprint density at radius 2 is 1.96 bits per heavy atom. The quantitative estimate of drug-likeness (QED) is 0.807. The number of carbonyl (C=O) groups is 1. The van der Waals surface area contributed by atoms with Gasteiger partial charge in [-0.25, -0.2) is 22.7 Å². The van der Waals surface area contributed by atoms with Gasteiger partial charge in [-0.05, 0) is 30.3 Å². The summed E-state index contributed by atoms with van der Waals surface area (Å²) < 4.78 is 40.6. The lowest BCUT2D eigenvalue weighted by atomic mass is 10.1. The van der Waals surface area contributed by atoms with Crippen molar-refractivity contribution in [3.05, 3.63) is 53.6 Å². The molecular weight excluding hydrogens is 309 g/mol. The molecule has 0 radical (unpaired) electrons. The van der Waals surface area contributed by atoms with Gasteiger partial charge < -0.3 is 5.32 Å². The Kier molecular flexibility index (Phi) is 3.73. The number of amides is 1. The van der Waals surface area contributed by atoms with E-state index in [-0.39, 0.29) is 16.9 Å². The monoisotopic (exact) mass is 320 g/mol. The molecular formula is C15H11F3N4O. The van der Waals surface area contributed by atoms with E-state index in [1.165, 1.54) is 43.6 Å². The van der Waals surface area contributed by atoms with Crippen LogP contribution in [0, 0.1) is 5.82 Å². The molecule has 0 fully saturated rings. The lowest BCUT2D eigenvalue weighted by molar-refractivity contribution is 0.0964. The number of alkyl halides is 2. The van der Waals surface area contributed by atoms with Crippen LogP contribution in [-0.4, -0.2) is 27.6 Å². The van der Waals surface area contributed by atoms with E-state index < -0.39 is 23.8 Å². The van der Waals surface area contributed by atoms with Gasteiger partial charge >= 0.3 is 0 Å². The number of halogens is 3. The highest BCUT2D eigenvalue weighted by Gasteiger charge is 2.20. The number of carbonyl (C=O) groups excluding carboxylic acids is 1. The van der Waals surface area contributed by atoms with Gasteiger partial charge in [-0.1, -0.05) is 0 Å². The second kappa shape index (κ2) is 5.71. The average molecular weight is 320 g/mol. The number of rotatable bonds is 3. The zero-order valence-corrected chi connectivity index (χ0v) is 11.9. The molecule has 0 spiro atoms. The Balaban J connectivity index is 2.26. The maximum absolute atomic E-state index is 13.3. The van der Waals surface area contributed by atoms with E-state index in [1.54, 1.807) is 0 Å². The van der Waals surface area contributed by atoms with E-state index in [0.717, 1.165) is 4.52 Å². The highest BCUT2D eigenvalue weighted by atomic mass is 19.3.